The third kappa shape index (κ3) is 5.17. The van der Waals surface area contributed by atoms with Crippen molar-refractivity contribution in [3.63, 3.8) is 0 Å². The van der Waals surface area contributed by atoms with Gasteiger partial charge in [0.25, 0.3) is 0 Å². The van der Waals surface area contributed by atoms with E-state index in [1.165, 1.54) is 0 Å². The van der Waals surface area contributed by atoms with Gasteiger partial charge in [-0.3, -0.25) is 4.79 Å². The van der Waals surface area contributed by atoms with Gasteiger partial charge >= 0.3 is 0 Å². The minimum absolute atomic E-state index is 0.0521. The number of anilines is 1. The van der Waals surface area contributed by atoms with Crippen LogP contribution in [0.4, 0.5) is 5.69 Å². The van der Waals surface area contributed by atoms with Crippen LogP contribution in [-0.4, -0.2) is 11.0 Å². The second-order valence-electron chi connectivity index (χ2n) is 7.63. The largest absolute Gasteiger partial charge is 0.508 e. The molecule has 3 aromatic carbocycles. The van der Waals surface area contributed by atoms with E-state index in [-0.39, 0.29) is 17.6 Å². The number of ether oxygens (including phenoxy) is 1. The number of carbonyl (C=O) groups excluding carboxylic acids is 1. The summed E-state index contributed by atoms with van der Waals surface area (Å²) in [5, 5.41) is 13.0. The zero-order valence-electron chi connectivity index (χ0n) is 17.3. The molecule has 2 N–H and O–H groups in total. The summed E-state index contributed by atoms with van der Waals surface area (Å²) >= 11 is 0. The lowest BCUT2D eigenvalue weighted by Crippen LogP contribution is -2.14. The van der Waals surface area contributed by atoms with Crippen LogP contribution < -0.4 is 10.1 Å². The number of aryl methyl sites for hydroxylation is 2. The Balaban J connectivity index is 1.76. The maximum atomic E-state index is 12.3. The molecule has 150 valence electrons. The van der Waals surface area contributed by atoms with Crippen LogP contribution in [0.2, 0.25) is 0 Å². The molecule has 0 saturated heterocycles. The van der Waals surface area contributed by atoms with Crippen molar-refractivity contribution in [2.24, 2.45) is 0 Å². The number of amides is 1. The summed E-state index contributed by atoms with van der Waals surface area (Å²) in [6.07, 6.45) is 0.336. The highest BCUT2D eigenvalue weighted by molar-refractivity contribution is 5.92. The summed E-state index contributed by atoms with van der Waals surface area (Å²) < 4.78 is 6.12. The second-order valence-corrected chi connectivity index (χ2v) is 7.63. The van der Waals surface area contributed by atoms with Gasteiger partial charge in [0.05, 0.1) is 6.42 Å². The molecule has 0 spiro atoms. The average Bonchev–Trinajstić information content (AvgIpc) is 2.66. The van der Waals surface area contributed by atoms with E-state index in [2.05, 4.69) is 5.32 Å². The van der Waals surface area contributed by atoms with E-state index < -0.39 is 0 Å². The van der Waals surface area contributed by atoms with Crippen molar-refractivity contribution in [2.45, 2.75) is 40.0 Å². The van der Waals surface area contributed by atoms with Crippen LogP contribution in [0.15, 0.2) is 60.7 Å². The van der Waals surface area contributed by atoms with Crippen LogP contribution in [0.3, 0.4) is 0 Å². The first-order valence-electron chi connectivity index (χ1n) is 9.79. The lowest BCUT2D eigenvalue weighted by atomic mass is 10.0. The van der Waals surface area contributed by atoms with E-state index in [0.29, 0.717) is 12.2 Å². The van der Waals surface area contributed by atoms with Crippen LogP contribution in [-0.2, 0) is 11.2 Å². The minimum Gasteiger partial charge on any atom is -0.508 e. The quantitative estimate of drug-likeness (QED) is 0.535. The second kappa shape index (κ2) is 8.82. The molecule has 0 saturated carbocycles. The number of carbonyl (C=O) groups is 1. The molecular formula is C25H27NO3. The molecule has 0 atom stereocenters. The lowest BCUT2D eigenvalue weighted by Gasteiger charge is -2.16. The molecule has 0 aromatic heterocycles. The maximum absolute atomic E-state index is 12.3. The third-order valence-electron chi connectivity index (χ3n) is 4.79. The number of rotatable bonds is 6. The predicted octanol–water partition coefficient (Wildman–Crippen LogP) is 6.11. The molecule has 0 bridgehead atoms. The molecule has 0 unspecified atom stereocenters. The molecule has 0 aliphatic carbocycles. The van der Waals surface area contributed by atoms with Gasteiger partial charge in [0.1, 0.15) is 17.2 Å². The molecule has 3 aromatic rings. The number of benzene rings is 3. The van der Waals surface area contributed by atoms with Gasteiger partial charge in [-0.1, -0.05) is 44.2 Å². The van der Waals surface area contributed by atoms with E-state index in [1.54, 1.807) is 12.1 Å². The molecule has 4 nitrogen and oxygen atoms in total. The van der Waals surface area contributed by atoms with Gasteiger partial charge in [-0.2, -0.15) is 0 Å². The van der Waals surface area contributed by atoms with E-state index in [4.69, 9.17) is 4.74 Å². The number of aromatic hydroxyl groups is 1. The Morgan fingerprint density at radius 2 is 1.66 bits per heavy atom. The molecule has 0 aliphatic heterocycles. The Bertz CT molecular complexity index is 987. The van der Waals surface area contributed by atoms with Crippen molar-refractivity contribution in [3.05, 3.63) is 82.9 Å². The zero-order chi connectivity index (χ0) is 21.0. The van der Waals surface area contributed by atoms with Gasteiger partial charge in [0.2, 0.25) is 5.91 Å². The van der Waals surface area contributed by atoms with Crippen LogP contribution in [0.1, 0.15) is 42.0 Å². The van der Waals surface area contributed by atoms with Crippen molar-refractivity contribution in [1.29, 1.82) is 0 Å². The Morgan fingerprint density at radius 3 is 2.28 bits per heavy atom. The molecule has 0 aliphatic rings. The average molecular weight is 389 g/mol. The summed E-state index contributed by atoms with van der Waals surface area (Å²) in [6, 6.07) is 18.8. The van der Waals surface area contributed by atoms with Gasteiger partial charge < -0.3 is 15.2 Å². The first-order valence-corrected chi connectivity index (χ1v) is 9.79. The van der Waals surface area contributed by atoms with Gasteiger partial charge in [0, 0.05) is 11.3 Å². The summed E-state index contributed by atoms with van der Waals surface area (Å²) in [5.41, 5.74) is 4.44. The fourth-order valence-electron chi connectivity index (χ4n) is 3.35. The van der Waals surface area contributed by atoms with Crippen molar-refractivity contribution in [1.82, 2.24) is 0 Å². The Morgan fingerprint density at radius 1 is 1.00 bits per heavy atom. The number of phenolic OH excluding ortho intramolecular Hbond substituents is 1. The zero-order valence-corrected chi connectivity index (χ0v) is 17.3. The highest BCUT2D eigenvalue weighted by Crippen LogP contribution is 2.35. The number of nitrogens with one attached hydrogen (secondary N) is 1. The van der Waals surface area contributed by atoms with Crippen LogP contribution in [0.25, 0.3) is 0 Å². The normalized spacial score (nSPS) is 10.8. The lowest BCUT2D eigenvalue weighted by molar-refractivity contribution is -0.115. The highest BCUT2D eigenvalue weighted by atomic mass is 16.5. The first kappa shape index (κ1) is 20.5. The number of hydrogen-bond donors (Lipinski definition) is 2. The molecule has 3 rings (SSSR count). The molecule has 0 radical (unpaired) electrons. The van der Waals surface area contributed by atoms with Crippen molar-refractivity contribution < 1.29 is 14.6 Å². The number of hydrogen-bond acceptors (Lipinski definition) is 3. The van der Waals surface area contributed by atoms with Crippen LogP contribution in [0.5, 0.6) is 17.2 Å². The Hall–Kier alpha value is -3.27. The van der Waals surface area contributed by atoms with E-state index in [0.717, 1.165) is 33.7 Å². The summed E-state index contributed by atoms with van der Waals surface area (Å²) in [4.78, 5) is 12.3. The summed E-state index contributed by atoms with van der Waals surface area (Å²) in [7, 11) is 0. The van der Waals surface area contributed by atoms with Crippen molar-refractivity contribution >= 4 is 11.6 Å². The molecular weight excluding hydrogens is 362 g/mol. The number of phenols is 1. The third-order valence-corrected chi connectivity index (χ3v) is 4.79. The van der Waals surface area contributed by atoms with E-state index in [9.17, 15) is 9.90 Å². The van der Waals surface area contributed by atoms with Gasteiger partial charge in [-0.15, -0.1) is 0 Å². The van der Waals surface area contributed by atoms with Crippen molar-refractivity contribution in [2.75, 3.05) is 5.32 Å². The summed E-state index contributed by atoms with van der Waals surface area (Å²) in [5.74, 6) is 1.86. The minimum atomic E-state index is -0.0521. The van der Waals surface area contributed by atoms with Gasteiger partial charge in [-0.25, -0.2) is 0 Å². The molecule has 29 heavy (non-hydrogen) atoms. The topological polar surface area (TPSA) is 58.6 Å². The van der Waals surface area contributed by atoms with E-state index >= 15 is 0 Å². The molecule has 1 amide bonds. The Labute approximate surface area is 172 Å². The SMILES string of the molecule is Cc1cc(NC(=O)Cc2ccccc2)cc(C)c1Oc1ccc(O)c(C(C)C)c1. The Kier molecular flexibility index (Phi) is 6.23. The molecule has 4 heteroatoms. The van der Waals surface area contributed by atoms with Crippen molar-refractivity contribution in [3.8, 4) is 17.2 Å². The highest BCUT2D eigenvalue weighted by Gasteiger charge is 2.12. The van der Waals surface area contributed by atoms with E-state index in [1.807, 2.05) is 76.2 Å². The fraction of sp³-hybridized carbons (Fsp3) is 0.240. The monoisotopic (exact) mass is 389 g/mol. The smallest absolute Gasteiger partial charge is 0.228 e. The predicted molar refractivity (Wildman–Crippen MR) is 117 cm³/mol. The van der Waals surface area contributed by atoms with Gasteiger partial charge in [0.15, 0.2) is 0 Å². The fourth-order valence-corrected chi connectivity index (χ4v) is 3.35. The maximum Gasteiger partial charge on any atom is 0.228 e. The standard InChI is InChI=1S/C25H27NO3/c1-16(2)22-15-21(10-11-23(22)27)29-25-17(3)12-20(13-18(25)4)26-24(28)14-19-8-6-5-7-9-19/h5-13,15-16,27H,14H2,1-4H3,(H,26,28). The van der Waals surface area contributed by atoms with Crippen LogP contribution >= 0.6 is 0 Å². The first-order chi connectivity index (χ1) is 13.8. The summed E-state index contributed by atoms with van der Waals surface area (Å²) in [6.45, 7) is 7.97. The molecule has 0 fully saturated rings. The van der Waals surface area contributed by atoms with Crippen LogP contribution in [0, 0.1) is 13.8 Å². The molecule has 0 heterocycles. The van der Waals surface area contributed by atoms with Gasteiger partial charge in [-0.05, 0) is 66.8 Å².